The molecule has 3 aromatic rings. The van der Waals surface area contributed by atoms with Crippen molar-refractivity contribution in [3.63, 3.8) is 0 Å². The Bertz CT molecular complexity index is 1460. The second-order valence-electron chi connectivity index (χ2n) is 11.2. The number of hydrogen-bond donors (Lipinski definition) is 2. The summed E-state index contributed by atoms with van der Waals surface area (Å²) in [5.41, 5.74) is -1.29. The van der Waals surface area contributed by atoms with E-state index in [1.807, 2.05) is 75.6 Å². The summed E-state index contributed by atoms with van der Waals surface area (Å²) in [4.78, 5) is 7.18. The molecular formula is C32H37N3O5. The first-order chi connectivity index (χ1) is 19.2. The van der Waals surface area contributed by atoms with Gasteiger partial charge in [-0.1, -0.05) is 42.5 Å². The van der Waals surface area contributed by atoms with Gasteiger partial charge < -0.3 is 34.3 Å². The number of benzene rings is 3. The van der Waals surface area contributed by atoms with Crippen LogP contribution in [0.3, 0.4) is 0 Å². The van der Waals surface area contributed by atoms with Crippen LogP contribution in [-0.2, 0) is 11.1 Å². The average Bonchev–Trinajstić information content (AvgIpc) is 3.47. The normalized spacial score (nSPS) is 30.5. The van der Waals surface area contributed by atoms with E-state index in [-0.39, 0.29) is 17.9 Å². The predicted octanol–water partition coefficient (Wildman–Crippen LogP) is 4.27. The van der Waals surface area contributed by atoms with Gasteiger partial charge in [-0.25, -0.2) is 4.99 Å². The first-order valence-electron chi connectivity index (χ1n) is 13.6. The van der Waals surface area contributed by atoms with E-state index in [0.29, 0.717) is 23.1 Å². The molecule has 6 rings (SSSR count). The number of nitrogens with one attached hydrogen (secondary N) is 1. The topological polar surface area (TPSA) is 84.8 Å². The van der Waals surface area contributed by atoms with Gasteiger partial charge in [-0.15, -0.1) is 0 Å². The Morgan fingerprint density at radius 2 is 1.62 bits per heavy atom. The number of nitrogens with zero attached hydrogens (tertiary/aromatic N) is 2. The zero-order chi connectivity index (χ0) is 28.4. The lowest BCUT2D eigenvalue weighted by molar-refractivity contribution is -0.0869. The summed E-state index contributed by atoms with van der Waals surface area (Å²) in [6.45, 7) is 4.04. The van der Waals surface area contributed by atoms with Gasteiger partial charge in [-0.05, 0) is 51.2 Å². The molecule has 0 amide bonds. The lowest BCUT2D eigenvalue weighted by Gasteiger charge is -2.44. The van der Waals surface area contributed by atoms with Crippen molar-refractivity contribution in [3.8, 4) is 23.0 Å². The van der Waals surface area contributed by atoms with E-state index in [0.717, 1.165) is 22.4 Å². The van der Waals surface area contributed by atoms with Crippen LogP contribution in [0.4, 0.5) is 0 Å². The lowest BCUT2D eigenvalue weighted by Crippen LogP contribution is -2.63. The molecule has 6 atom stereocenters. The molecule has 8 nitrogen and oxygen atoms in total. The van der Waals surface area contributed by atoms with E-state index in [1.54, 1.807) is 21.3 Å². The number of ether oxygens (including phenoxy) is 4. The van der Waals surface area contributed by atoms with Gasteiger partial charge in [0.1, 0.15) is 23.0 Å². The monoisotopic (exact) mass is 543 g/mol. The van der Waals surface area contributed by atoms with Gasteiger partial charge in [0.2, 0.25) is 0 Å². The van der Waals surface area contributed by atoms with Crippen LogP contribution in [0, 0.1) is 5.92 Å². The first kappa shape index (κ1) is 26.5. The molecule has 40 heavy (non-hydrogen) atoms. The van der Waals surface area contributed by atoms with Crippen molar-refractivity contribution >= 4 is 5.84 Å². The third-order valence-electron chi connectivity index (χ3n) is 9.23. The summed E-state index contributed by atoms with van der Waals surface area (Å²) < 4.78 is 24.5. The Kier molecular flexibility index (Phi) is 6.05. The Morgan fingerprint density at radius 1 is 0.950 bits per heavy atom. The second kappa shape index (κ2) is 9.14. The summed E-state index contributed by atoms with van der Waals surface area (Å²) in [5.74, 6) is 2.42. The van der Waals surface area contributed by atoms with Gasteiger partial charge in [0, 0.05) is 30.0 Å². The minimum Gasteiger partial charge on any atom is -0.497 e. The summed E-state index contributed by atoms with van der Waals surface area (Å²) >= 11 is 0. The van der Waals surface area contributed by atoms with E-state index in [2.05, 4.69) is 29.3 Å². The molecule has 3 aromatic carbocycles. The number of rotatable bonds is 7. The molecule has 0 bridgehead atoms. The number of aliphatic imine (C=N–C) groups is 1. The van der Waals surface area contributed by atoms with Crippen molar-refractivity contribution in [1.82, 2.24) is 10.2 Å². The maximum absolute atomic E-state index is 13.2. The third-order valence-corrected chi connectivity index (χ3v) is 9.23. The van der Waals surface area contributed by atoms with E-state index >= 15 is 0 Å². The Morgan fingerprint density at radius 3 is 2.23 bits per heavy atom. The van der Waals surface area contributed by atoms with Crippen LogP contribution in [0.5, 0.6) is 23.0 Å². The maximum Gasteiger partial charge on any atom is 0.195 e. The summed E-state index contributed by atoms with van der Waals surface area (Å²) in [6, 6.07) is 21.9. The number of methoxy groups -OCH3 is 3. The van der Waals surface area contributed by atoms with E-state index in [9.17, 15) is 5.11 Å². The molecule has 1 fully saturated rings. The number of fused-ring (bicyclic) bond motifs is 1. The zero-order valence-electron chi connectivity index (χ0n) is 24.1. The quantitative estimate of drug-likeness (QED) is 0.461. The molecule has 3 aliphatic rings. The smallest absolute Gasteiger partial charge is 0.195 e. The fourth-order valence-corrected chi connectivity index (χ4v) is 7.51. The van der Waals surface area contributed by atoms with Crippen LogP contribution in [0.25, 0.3) is 0 Å². The van der Waals surface area contributed by atoms with E-state index < -0.39 is 16.9 Å². The van der Waals surface area contributed by atoms with Crippen LogP contribution in [0.15, 0.2) is 71.7 Å². The van der Waals surface area contributed by atoms with Gasteiger partial charge in [0.05, 0.1) is 32.7 Å². The fraction of sp³-hybridized carbons (Fsp3) is 0.406. The van der Waals surface area contributed by atoms with Crippen LogP contribution in [0.2, 0.25) is 0 Å². The number of aliphatic hydroxyl groups is 1. The standard InChI is InChI=1S/C32H37N3O5/c1-19(35(3)4)27-28(21-11-9-8-10-12-21)30(22-13-15-23(37-5)16-14-22)31(32(27,36)34-20(2)33-31)29-25(39-7)17-24(38-6)18-26(29)40-30/h8-19,27-28,36H,1-7H3,(H,33,34)/t19-,27?,28-,30+,31-,32-/m1/s1. The molecule has 8 heteroatoms. The van der Waals surface area contributed by atoms with E-state index in [4.69, 9.17) is 23.9 Å². The molecule has 2 aliphatic heterocycles. The summed E-state index contributed by atoms with van der Waals surface area (Å²) in [7, 11) is 8.98. The van der Waals surface area contributed by atoms with Gasteiger partial charge in [0.15, 0.2) is 16.9 Å². The Hall–Kier alpha value is -3.75. The Labute approximate surface area is 235 Å². The summed E-state index contributed by atoms with van der Waals surface area (Å²) in [6.07, 6.45) is 0. The molecule has 1 aliphatic carbocycles. The lowest BCUT2D eigenvalue weighted by atomic mass is 9.68. The van der Waals surface area contributed by atoms with Crippen molar-refractivity contribution in [1.29, 1.82) is 0 Å². The Balaban J connectivity index is 1.78. The van der Waals surface area contributed by atoms with Gasteiger partial charge in [-0.2, -0.15) is 0 Å². The molecule has 1 spiro atoms. The number of hydrogen-bond acceptors (Lipinski definition) is 8. The maximum atomic E-state index is 13.2. The van der Waals surface area contributed by atoms with E-state index in [1.165, 1.54) is 0 Å². The van der Waals surface area contributed by atoms with Crippen molar-refractivity contribution in [2.75, 3.05) is 35.4 Å². The summed E-state index contributed by atoms with van der Waals surface area (Å²) in [5, 5.41) is 16.9. The SMILES string of the molecule is COc1ccc([C@@]23Oc4cc(OC)cc(OC)c4[C@@]24NC(C)=N[C@@]4(O)C([C@@H](C)N(C)C)[C@H]3c2ccccc2)cc1. The van der Waals surface area contributed by atoms with Crippen LogP contribution in [-0.4, -0.2) is 63.0 Å². The second-order valence-corrected chi connectivity index (χ2v) is 11.2. The van der Waals surface area contributed by atoms with Gasteiger partial charge in [0.25, 0.3) is 0 Å². The van der Waals surface area contributed by atoms with Gasteiger partial charge >= 0.3 is 0 Å². The van der Waals surface area contributed by atoms with Crippen LogP contribution >= 0.6 is 0 Å². The largest absolute Gasteiger partial charge is 0.497 e. The highest BCUT2D eigenvalue weighted by Gasteiger charge is 2.85. The first-order valence-corrected chi connectivity index (χ1v) is 13.6. The molecule has 0 aromatic heterocycles. The third kappa shape index (κ3) is 3.17. The minimum atomic E-state index is -1.60. The van der Waals surface area contributed by atoms with Crippen LogP contribution in [0.1, 0.15) is 36.5 Å². The van der Waals surface area contributed by atoms with Crippen molar-refractivity contribution in [2.45, 2.75) is 42.7 Å². The molecule has 0 saturated heterocycles. The van der Waals surface area contributed by atoms with Crippen molar-refractivity contribution < 1.29 is 24.1 Å². The van der Waals surface area contributed by atoms with Crippen LogP contribution < -0.4 is 24.3 Å². The fourth-order valence-electron chi connectivity index (χ4n) is 7.51. The molecule has 1 saturated carbocycles. The highest BCUT2D eigenvalue weighted by molar-refractivity contribution is 5.87. The zero-order valence-corrected chi connectivity index (χ0v) is 24.1. The highest BCUT2D eigenvalue weighted by atomic mass is 16.5. The average molecular weight is 544 g/mol. The molecule has 2 heterocycles. The molecule has 2 N–H and O–H groups in total. The predicted molar refractivity (Wildman–Crippen MR) is 154 cm³/mol. The number of amidine groups is 1. The molecule has 0 radical (unpaired) electrons. The highest BCUT2D eigenvalue weighted by Crippen LogP contribution is 2.75. The van der Waals surface area contributed by atoms with Crippen molar-refractivity contribution in [2.24, 2.45) is 10.9 Å². The van der Waals surface area contributed by atoms with Crippen molar-refractivity contribution in [3.05, 3.63) is 83.4 Å². The molecule has 210 valence electrons. The molecule has 1 unspecified atom stereocenters. The van der Waals surface area contributed by atoms with Gasteiger partial charge in [-0.3, -0.25) is 0 Å². The molecular weight excluding hydrogens is 506 g/mol. The minimum absolute atomic E-state index is 0.0828.